The summed E-state index contributed by atoms with van der Waals surface area (Å²) in [5, 5.41) is 3.35. The molecule has 0 bridgehead atoms. The molecule has 10 heteroatoms. The number of nitrogens with one attached hydrogen (secondary N) is 1. The maximum absolute atomic E-state index is 14.1. The summed E-state index contributed by atoms with van der Waals surface area (Å²) in [5.41, 5.74) is 2.04. The number of rotatable bonds is 6. The van der Waals surface area contributed by atoms with Crippen LogP contribution in [0.3, 0.4) is 0 Å². The highest BCUT2D eigenvalue weighted by Crippen LogP contribution is 2.31. The van der Waals surface area contributed by atoms with Crippen molar-refractivity contribution in [1.29, 1.82) is 0 Å². The van der Waals surface area contributed by atoms with Gasteiger partial charge in [-0.05, 0) is 80.6 Å². The van der Waals surface area contributed by atoms with E-state index in [1.54, 1.807) is 4.57 Å². The van der Waals surface area contributed by atoms with Gasteiger partial charge in [0.25, 0.3) is 5.56 Å². The Morgan fingerprint density at radius 1 is 1.02 bits per heavy atom. The number of amides is 1. The van der Waals surface area contributed by atoms with E-state index >= 15 is 0 Å². The predicted octanol–water partition coefficient (Wildman–Crippen LogP) is 4.21. The Kier molecular flexibility index (Phi) is 7.96. The molecule has 3 aliphatic rings. The van der Waals surface area contributed by atoms with Gasteiger partial charge in [-0.1, -0.05) is 18.2 Å². The molecule has 0 spiro atoms. The van der Waals surface area contributed by atoms with E-state index < -0.39 is 11.4 Å². The molecule has 40 heavy (non-hydrogen) atoms. The molecule has 1 saturated carbocycles. The number of aromatic nitrogens is 3. The second kappa shape index (κ2) is 11.8. The number of hydrogen-bond donors (Lipinski definition) is 1. The maximum Gasteiger partial charge on any atom is 0.333 e. The highest BCUT2D eigenvalue weighted by molar-refractivity contribution is 7.99. The van der Waals surface area contributed by atoms with E-state index in [1.165, 1.54) is 21.9 Å². The van der Waals surface area contributed by atoms with Gasteiger partial charge in [-0.25, -0.2) is 14.2 Å². The molecule has 1 aromatic carbocycles. The van der Waals surface area contributed by atoms with E-state index in [0.717, 1.165) is 49.9 Å². The molecule has 1 saturated heterocycles. The summed E-state index contributed by atoms with van der Waals surface area (Å²) in [7, 11) is 0. The molecule has 4 heterocycles. The van der Waals surface area contributed by atoms with Crippen molar-refractivity contribution in [2.45, 2.75) is 75.9 Å². The van der Waals surface area contributed by atoms with Crippen molar-refractivity contribution in [1.82, 2.24) is 19.4 Å². The predicted molar refractivity (Wildman–Crippen MR) is 157 cm³/mol. The van der Waals surface area contributed by atoms with Gasteiger partial charge in [0.2, 0.25) is 5.91 Å². The van der Waals surface area contributed by atoms with Crippen LogP contribution in [-0.2, 0) is 11.2 Å². The minimum atomic E-state index is -0.583. The van der Waals surface area contributed by atoms with Crippen LogP contribution in [0.4, 0.5) is 10.1 Å². The van der Waals surface area contributed by atoms with Crippen LogP contribution in [0.15, 0.2) is 46.1 Å². The van der Waals surface area contributed by atoms with Gasteiger partial charge in [0.15, 0.2) is 0 Å². The first-order chi connectivity index (χ1) is 19.5. The molecule has 2 fully saturated rings. The summed E-state index contributed by atoms with van der Waals surface area (Å²) in [6.45, 7) is 1.65. The van der Waals surface area contributed by atoms with Gasteiger partial charge in [0.1, 0.15) is 11.5 Å². The fourth-order valence-corrected chi connectivity index (χ4v) is 7.74. The van der Waals surface area contributed by atoms with Crippen LogP contribution >= 0.6 is 11.8 Å². The lowest BCUT2D eigenvalue weighted by atomic mass is 9.90. The standard InChI is InChI=1S/C30H36FN5O3S/c31-21-18-25-28(32-19-21)35(24-12-16-40-17-13-24)30(39)36(29(25)38)23-9-7-22(8-10-23)33-27(37)11-15-34-14-3-5-20-4-1-2-6-26(20)34/h1-2,4,6,18-19,22-24H,3,5,7-17H2,(H,33,37). The molecule has 0 radical (unpaired) electrons. The quantitative estimate of drug-likeness (QED) is 0.482. The van der Waals surface area contributed by atoms with E-state index in [9.17, 15) is 18.8 Å². The van der Waals surface area contributed by atoms with Crippen LogP contribution in [0.2, 0.25) is 0 Å². The van der Waals surface area contributed by atoms with E-state index in [0.29, 0.717) is 38.6 Å². The van der Waals surface area contributed by atoms with Crippen LogP contribution < -0.4 is 21.5 Å². The number of anilines is 1. The van der Waals surface area contributed by atoms with Gasteiger partial charge in [-0.15, -0.1) is 0 Å². The average Bonchev–Trinajstić information content (AvgIpc) is 2.98. The van der Waals surface area contributed by atoms with Crippen LogP contribution in [0.25, 0.3) is 11.0 Å². The highest BCUT2D eigenvalue weighted by atomic mass is 32.2. The van der Waals surface area contributed by atoms with Crippen LogP contribution in [0, 0.1) is 5.82 Å². The summed E-state index contributed by atoms with van der Waals surface area (Å²) in [5.74, 6) is 1.33. The summed E-state index contributed by atoms with van der Waals surface area (Å²) in [6.07, 6.45) is 7.92. The number of thioether (sulfide) groups is 1. The fraction of sp³-hybridized carbons (Fsp3) is 0.533. The second-order valence-electron chi connectivity index (χ2n) is 11.2. The summed E-state index contributed by atoms with van der Waals surface area (Å²) >= 11 is 1.85. The first-order valence-corrected chi connectivity index (χ1v) is 15.7. The molecule has 1 aliphatic carbocycles. The van der Waals surface area contributed by atoms with Crippen molar-refractivity contribution in [2.75, 3.05) is 29.5 Å². The SMILES string of the molecule is O=C(CCN1CCCc2ccccc21)NC1CCC(n2c(=O)c3cc(F)cnc3n(C3CCSCC3)c2=O)CC1. The van der Waals surface area contributed by atoms with Crippen molar-refractivity contribution >= 4 is 34.4 Å². The summed E-state index contributed by atoms with van der Waals surface area (Å²) < 4.78 is 17.1. The maximum atomic E-state index is 14.1. The smallest absolute Gasteiger partial charge is 0.333 e. The Labute approximate surface area is 237 Å². The van der Waals surface area contributed by atoms with E-state index in [2.05, 4.69) is 33.4 Å². The minimum absolute atomic E-state index is 0.0188. The van der Waals surface area contributed by atoms with Crippen LogP contribution in [-0.4, -0.2) is 50.7 Å². The van der Waals surface area contributed by atoms with E-state index in [4.69, 9.17) is 0 Å². The number of aryl methyl sites for hydroxylation is 1. The number of nitrogens with zero attached hydrogens (tertiary/aromatic N) is 4. The zero-order chi connectivity index (χ0) is 27.6. The second-order valence-corrected chi connectivity index (χ2v) is 12.5. The van der Waals surface area contributed by atoms with Gasteiger partial charge in [0.05, 0.1) is 11.6 Å². The number of hydrogen-bond acceptors (Lipinski definition) is 6. The topological polar surface area (TPSA) is 89.2 Å². The summed E-state index contributed by atoms with van der Waals surface area (Å²) in [6, 6.07) is 9.30. The first kappa shape index (κ1) is 27.1. The largest absolute Gasteiger partial charge is 0.371 e. The zero-order valence-electron chi connectivity index (χ0n) is 22.7. The molecule has 1 N–H and O–H groups in total. The van der Waals surface area contributed by atoms with Crippen molar-refractivity contribution in [3.05, 3.63) is 68.7 Å². The lowest BCUT2D eigenvalue weighted by Crippen LogP contribution is -2.46. The molecule has 1 amide bonds. The number of fused-ring (bicyclic) bond motifs is 2. The third-order valence-electron chi connectivity index (χ3n) is 8.72. The Balaban J connectivity index is 1.13. The van der Waals surface area contributed by atoms with Crippen LogP contribution in [0.5, 0.6) is 0 Å². The van der Waals surface area contributed by atoms with Gasteiger partial charge >= 0.3 is 5.69 Å². The Bertz CT molecular complexity index is 1510. The molecule has 2 aliphatic heterocycles. The number of halogens is 1. The van der Waals surface area contributed by atoms with Crippen molar-refractivity contribution in [2.24, 2.45) is 0 Å². The highest BCUT2D eigenvalue weighted by Gasteiger charge is 2.30. The molecule has 2 aromatic heterocycles. The number of carbonyl (C=O) groups is 1. The molecule has 212 valence electrons. The molecule has 6 rings (SSSR count). The van der Waals surface area contributed by atoms with Gasteiger partial charge < -0.3 is 10.2 Å². The lowest BCUT2D eigenvalue weighted by Gasteiger charge is -2.33. The van der Waals surface area contributed by atoms with Gasteiger partial charge in [0, 0.05) is 43.3 Å². The molecular formula is C30H36FN5O3S. The molecule has 8 nitrogen and oxygen atoms in total. The van der Waals surface area contributed by atoms with Crippen molar-refractivity contribution in [3.63, 3.8) is 0 Å². The summed E-state index contributed by atoms with van der Waals surface area (Å²) in [4.78, 5) is 46.6. The number of para-hydroxylation sites is 1. The third-order valence-corrected chi connectivity index (χ3v) is 9.77. The Morgan fingerprint density at radius 2 is 1.77 bits per heavy atom. The van der Waals surface area contributed by atoms with Gasteiger partial charge in [-0.2, -0.15) is 11.8 Å². The van der Waals surface area contributed by atoms with Crippen molar-refractivity contribution in [3.8, 4) is 0 Å². The minimum Gasteiger partial charge on any atom is -0.371 e. The fourth-order valence-electron chi connectivity index (χ4n) is 6.66. The molecule has 0 unspecified atom stereocenters. The monoisotopic (exact) mass is 565 g/mol. The Hall–Kier alpha value is -3.14. The molecular weight excluding hydrogens is 529 g/mol. The third kappa shape index (κ3) is 5.42. The normalized spacial score (nSPS) is 21.8. The van der Waals surface area contributed by atoms with E-state index in [1.807, 2.05) is 17.8 Å². The van der Waals surface area contributed by atoms with Gasteiger partial charge in [-0.3, -0.25) is 18.7 Å². The number of benzene rings is 1. The zero-order valence-corrected chi connectivity index (χ0v) is 23.5. The molecule has 3 aromatic rings. The number of carbonyl (C=O) groups excluding carboxylic acids is 1. The number of pyridine rings is 1. The van der Waals surface area contributed by atoms with Crippen LogP contribution in [0.1, 0.15) is 69.0 Å². The lowest BCUT2D eigenvalue weighted by molar-refractivity contribution is -0.121. The Morgan fingerprint density at radius 3 is 2.58 bits per heavy atom. The van der Waals surface area contributed by atoms with E-state index in [-0.39, 0.29) is 40.8 Å². The molecule has 0 atom stereocenters. The van der Waals surface area contributed by atoms with Crippen molar-refractivity contribution < 1.29 is 9.18 Å². The average molecular weight is 566 g/mol. The first-order valence-electron chi connectivity index (χ1n) is 14.5.